The maximum absolute atomic E-state index is 11.8. The second-order valence-corrected chi connectivity index (χ2v) is 3.39. The van der Waals surface area contributed by atoms with Gasteiger partial charge in [-0.15, -0.1) is 0 Å². The molecule has 16 heavy (non-hydrogen) atoms. The second kappa shape index (κ2) is 5.79. The topological polar surface area (TPSA) is 90.7 Å². The van der Waals surface area contributed by atoms with Gasteiger partial charge in [0.15, 0.2) is 5.78 Å². The molecule has 82 valence electrons. The fourth-order valence-electron chi connectivity index (χ4n) is 1.42. The molecule has 4 heteroatoms. The van der Waals surface area contributed by atoms with Crippen molar-refractivity contribution in [1.82, 2.24) is 0 Å². The van der Waals surface area contributed by atoms with Crippen LogP contribution in [0.5, 0.6) is 0 Å². The second-order valence-electron chi connectivity index (χ2n) is 3.39. The molecule has 1 rings (SSSR count). The number of rotatable bonds is 5. The summed E-state index contributed by atoms with van der Waals surface area (Å²) in [7, 11) is 0. The van der Waals surface area contributed by atoms with E-state index in [1.807, 2.05) is 12.1 Å². The summed E-state index contributed by atoms with van der Waals surface area (Å²) in [6.07, 6.45) is 1.03. The Kier molecular flexibility index (Phi) is 4.37. The predicted octanol–water partition coefficient (Wildman–Crippen LogP) is 1.51. The number of nitriles is 1. The lowest BCUT2D eigenvalue weighted by Crippen LogP contribution is -2.12. The molecule has 0 heterocycles. The summed E-state index contributed by atoms with van der Waals surface area (Å²) in [6.45, 7) is 0.295. The lowest BCUT2D eigenvalue weighted by atomic mass is 9.96. The van der Waals surface area contributed by atoms with Crippen LogP contribution in [0, 0.1) is 22.7 Å². The first-order valence-corrected chi connectivity index (χ1v) is 4.94. The Balaban J connectivity index is 2.89. The number of nitrogens with zero attached hydrogens (tertiary/aromatic N) is 1. The zero-order valence-electron chi connectivity index (χ0n) is 8.81. The Morgan fingerprint density at radius 1 is 1.56 bits per heavy atom. The van der Waals surface area contributed by atoms with E-state index in [2.05, 4.69) is 0 Å². The molecule has 1 aromatic carbocycles. The molecular weight excluding hydrogens is 202 g/mol. The molecule has 0 fully saturated rings. The number of hydrogen-bond donors (Lipinski definition) is 2. The molecule has 0 bridgehead atoms. The minimum Gasteiger partial charge on any atom is -0.326 e. The monoisotopic (exact) mass is 215 g/mol. The summed E-state index contributed by atoms with van der Waals surface area (Å²) in [4.78, 5) is 11.8. The predicted molar refractivity (Wildman–Crippen MR) is 61.2 cm³/mol. The lowest BCUT2D eigenvalue weighted by Gasteiger charge is -2.07. The SMILES string of the molecule is N#CC(C=N)CC(=O)c1ccccc1CN. The van der Waals surface area contributed by atoms with E-state index in [0.29, 0.717) is 12.1 Å². The smallest absolute Gasteiger partial charge is 0.164 e. The van der Waals surface area contributed by atoms with Crippen LogP contribution >= 0.6 is 0 Å². The van der Waals surface area contributed by atoms with Crippen molar-refractivity contribution in [3.05, 3.63) is 35.4 Å². The first-order valence-electron chi connectivity index (χ1n) is 4.94. The molecule has 0 aromatic heterocycles. The quantitative estimate of drug-likeness (QED) is 0.576. The van der Waals surface area contributed by atoms with Gasteiger partial charge in [-0.05, 0) is 5.56 Å². The number of ketones is 1. The van der Waals surface area contributed by atoms with E-state index < -0.39 is 5.92 Å². The van der Waals surface area contributed by atoms with Gasteiger partial charge >= 0.3 is 0 Å². The third-order valence-electron chi connectivity index (χ3n) is 2.31. The van der Waals surface area contributed by atoms with Gasteiger partial charge in [-0.1, -0.05) is 24.3 Å². The summed E-state index contributed by atoms with van der Waals surface area (Å²) < 4.78 is 0. The molecule has 0 saturated carbocycles. The zero-order chi connectivity index (χ0) is 12.0. The lowest BCUT2D eigenvalue weighted by molar-refractivity contribution is 0.0977. The van der Waals surface area contributed by atoms with Crippen LogP contribution in [0.4, 0.5) is 0 Å². The summed E-state index contributed by atoms with van der Waals surface area (Å²) in [5.41, 5.74) is 6.84. The highest BCUT2D eigenvalue weighted by Gasteiger charge is 2.14. The largest absolute Gasteiger partial charge is 0.326 e. The Bertz CT molecular complexity index is 434. The molecule has 0 aliphatic carbocycles. The zero-order valence-corrected chi connectivity index (χ0v) is 8.81. The van der Waals surface area contributed by atoms with Crippen molar-refractivity contribution in [3.8, 4) is 6.07 Å². The van der Waals surface area contributed by atoms with Crippen LogP contribution in [0.3, 0.4) is 0 Å². The van der Waals surface area contributed by atoms with Crippen LogP contribution in [0.1, 0.15) is 22.3 Å². The van der Waals surface area contributed by atoms with Crippen LogP contribution in [0.2, 0.25) is 0 Å². The van der Waals surface area contributed by atoms with Gasteiger partial charge in [0.2, 0.25) is 0 Å². The number of nitrogens with one attached hydrogen (secondary N) is 1. The summed E-state index contributed by atoms with van der Waals surface area (Å²) in [6, 6.07) is 8.96. The van der Waals surface area contributed by atoms with E-state index >= 15 is 0 Å². The van der Waals surface area contributed by atoms with Crippen LogP contribution in [-0.4, -0.2) is 12.0 Å². The average Bonchev–Trinajstić information content (AvgIpc) is 2.35. The fraction of sp³-hybridized carbons (Fsp3) is 0.250. The van der Waals surface area contributed by atoms with E-state index in [-0.39, 0.29) is 12.2 Å². The van der Waals surface area contributed by atoms with Gasteiger partial charge in [-0.25, -0.2) is 0 Å². The van der Waals surface area contributed by atoms with Crippen molar-refractivity contribution in [2.24, 2.45) is 11.7 Å². The molecule has 4 nitrogen and oxygen atoms in total. The maximum Gasteiger partial charge on any atom is 0.164 e. The van der Waals surface area contributed by atoms with Crippen molar-refractivity contribution in [2.45, 2.75) is 13.0 Å². The molecule has 1 atom stereocenters. The Hall–Kier alpha value is -1.99. The minimum absolute atomic E-state index is 0.0387. The van der Waals surface area contributed by atoms with E-state index in [0.717, 1.165) is 11.8 Å². The molecule has 0 aliphatic heterocycles. The Morgan fingerprint density at radius 2 is 2.25 bits per heavy atom. The van der Waals surface area contributed by atoms with Crippen molar-refractivity contribution in [3.63, 3.8) is 0 Å². The molecule has 3 N–H and O–H groups in total. The standard InChI is InChI=1S/C12H13N3O/c13-6-9(7-14)5-12(16)11-4-2-1-3-10(11)8-15/h1-4,6,9,13H,5,8,15H2. The van der Waals surface area contributed by atoms with Gasteiger partial charge in [-0.3, -0.25) is 4.79 Å². The highest BCUT2D eigenvalue weighted by atomic mass is 16.1. The fourth-order valence-corrected chi connectivity index (χ4v) is 1.42. The van der Waals surface area contributed by atoms with Crippen molar-refractivity contribution >= 4 is 12.0 Å². The van der Waals surface area contributed by atoms with Gasteiger partial charge in [0.25, 0.3) is 0 Å². The van der Waals surface area contributed by atoms with E-state index in [1.165, 1.54) is 0 Å². The van der Waals surface area contributed by atoms with Gasteiger partial charge in [0, 0.05) is 24.7 Å². The molecule has 0 radical (unpaired) electrons. The van der Waals surface area contributed by atoms with Crippen LogP contribution in [0.25, 0.3) is 0 Å². The molecule has 1 aromatic rings. The third-order valence-corrected chi connectivity index (χ3v) is 2.31. The molecule has 0 aliphatic rings. The Morgan fingerprint density at radius 3 is 2.81 bits per heavy atom. The van der Waals surface area contributed by atoms with Crippen LogP contribution in [-0.2, 0) is 6.54 Å². The summed E-state index contributed by atoms with van der Waals surface area (Å²) in [5, 5.41) is 15.7. The van der Waals surface area contributed by atoms with Gasteiger partial charge in [0.05, 0.1) is 12.0 Å². The average molecular weight is 215 g/mol. The molecule has 0 amide bonds. The molecule has 0 spiro atoms. The molecule has 0 saturated heterocycles. The van der Waals surface area contributed by atoms with Gasteiger partial charge in [0.1, 0.15) is 0 Å². The maximum atomic E-state index is 11.8. The number of hydrogen-bond acceptors (Lipinski definition) is 4. The molecular formula is C12H13N3O. The van der Waals surface area contributed by atoms with E-state index in [1.54, 1.807) is 18.2 Å². The Labute approximate surface area is 94.2 Å². The van der Waals surface area contributed by atoms with Gasteiger partial charge < -0.3 is 11.1 Å². The van der Waals surface area contributed by atoms with Crippen molar-refractivity contribution in [2.75, 3.05) is 0 Å². The first kappa shape index (κ1) is 12.1. The van der Waals surface area contributed by atoms with E-state index in [4.69, 9.17) is 16.4 Å². The third kappa shape index (κ3) is 2.75. The van der Waals surface area contributed by atoms with Crippen LogP contribution in [0.15, 0.2) is 24.3 Å². The van der Waals surface area contributed by atoms with E-state index in [9.17, 15) is 4.79 Å². The molecule has 1 unspecified atom stereocenters. The van der Waals surface area contributed by atoms with Crippen LogP contribution < -0.4 is 5.73 Å². The highest BCUT2D eigenvalue weighted by Crippen LogP contribution is 2.13. The summed E-state index contributed by atoms with van der Waals surface area (Å²) in [5.74, 6) is -0.797. The first-order chi connectivity index (χ1) is 7.72. The number of benzene rings is 1. The summed E-state index contributed by atoms with van der Waals surface area (Å²) >= 11 is 0. The van der Waals surface area contributed by atoms with Crippen molar-refractivity contribution in [1.29, 1.82) is 10.7 Å². The van der Waals surface area contributed by atoms with Gasteiger partial charge in [-0.2, -0.15) is 5.26 Å². The number of carbonyl (C=O) groups excluding carboxylic acids is 1. The number of Topliss-reactive ketones (excluding diaryl/α,β-unsaturated/α-hetero) is 1. The van der Waals surface area contributed by atoms with Crippen molar-refractivity contribution < 1.29 is 4.79 Å². The highest BCUT2D eigenvalue weighted by molar-refractivity contribution is 5.99. The number of nitrogens with two attached hydrogens (primary N) is 1. The minimum atomic E-state index is -0.654. The number of carbonyl (C=O) groups is 1. The normalized spacial score (nSPS) is 11.5.